The van der Waals surface area contributed by atoms with Crippen molar-refractivity contribution in [3.63, 3.8) is 0 Å². The van der Waals surface area contributed by atoms with Gasteiger partial charge < -0.3 is 18.3 Å². The summed E-state index contributed by atoms with van der Waals surface area (Å²) in [6.45, 7) is 6.36. The number of hydrogen-bond acceptors (Lipinski definition) is 6. The number of ether oxygens (including phenoxy) is 2. The molecule has 0 amide bonds. The van der Waals surface area contributed by atoms with Crippen molar-refractivity contribution in [2.24, 2.45) is 0 Å². The number of hydrogen-bond donors (Lipinski definition) is 0. The third-order valence-corrected chi connectivity index (χ3v) is 9.32. The summed E-state index contributed by atoms with van der Waals surface area (Å²) in [5, 5.41) is 0. The van der Waals surface area contributed by atoms with Gasteiger partial charge in [-0.15, -0.1) is 0 Å². The largest absolute Gasteiger partial charge is 0.494 e. The fraction of sp³-hybridized carbons (Fsp3) is 0.429. The van der Waals surface area contributed by atoms with Gasteiger partial charge in [-0.2, -0.15) is 0 Å². The minimum atomic E-state index is -3.59. The van der Waals surface area contributed by atoms with Gasteiger partial charge in [0.25, 0.3) is 0 Å². The second-order valence-corrected chi connectivity index (χ2v) is 12.6. The maximum Gasteiger partial charge on any atom is 0.334 e. The smallest absolute Gasteiger partial charge is 0.334 e. The summed E-state index contributed by atoms with van der Waals surface area (Å²) in [5.41, 5.74) is 0. The van der Waals surface area contributed by atoms with E-state index in [1.54, 1.807) is 62.8 Å². The molecule has 0 N–H and O–H groups in total. The van der Waals surface area contributed by atoms with E-state index in [-0.39, 0.29) is 15.9 Å². The van der Waals surface area contributed by atoms with Crippen molar-refractivity contribution in [1.82, 2.24) is 0 Å². The maximum absolute atomic E-state index is 12.8. The van der Waals surface area contributed by atoms with E-state index in [1.165, 1.54) is 0 Å². The van der Waals surface area contributed by atoms with Crippen LogP contribution in [0.5, 0.6) is 11.5 Å². The minimum Gasteiger partial charge on any atom is -0.494 e. The van der Waals surface area contributed by atoms with E-state index in [0.29, 0.717) is 18.1 Å². The first kappa shape index (κ1) is 23.4. The molecule has 0 aliphatic heterocycles. The number of sulfone groups is 1. The van der Waals surface area contributed by atoms with Gasteiger partial charge in [-0.3, -0.25) is 0 Å². The highest BCUT2D eigenvalue weighted by Gasteiger charge is 2.27. The lowest BCUT2D eigenvalue weighted by molar-refractivity contribution is 0.241. The van der Waals surface area contributed by atoms with Crippen molar-refractivity contribution >= 4 is 18.4 Å². The molecule has 0 aliphatic carbocycles. The topological polar surface area (TPSA) is 71.1 Å². The van der Waals surface area contributed by atoms with Crippen LogP contribution >= 0.6 is 0 Å². The summed E-state index contributed by atoms with van der Waals surface area (Å²) < 4.78 is 47.8. The highest BCUT2D eigenvalue weighted by molar-refractivity contribution is 7.91. The van der Waals surface area contributed by atoms with E-state index >= 15 is 0 Å². The second-order valence-electron chi connectivity index (χ2n) is 7.11. The zero-order valence-corrected chi connectivity index (χ0v) is 19.5. The van der Waals surface area contributed by atoms with Crippen molar-refractivity contribution in [3.05, 3.63) is 48.5 Å². The van der Waals surface area contributed by atoms with Gasteiger partial charge in [0.1, 0.15) is 11.5 Å². The van der Waals surface area contributed by atoms with Gasteiger partial charge in [0.2, 0.25) is 9.84 Å². The lowest BCUT2D eigenvalue weighted by Crippen LogP contribution is -2.36. The Morgan fingerprint density at radius 2 is 1.34 bits per heavy atom. The molecule has 6 nitrogen and oxygen atoms in total. The molecule has 0 unspecified atom stereocenters. The number of rotatable bonds is 11. The van der Waals surface area contributed by atoms with Gasteiger partial charge in [0.05, 0.1) is 22.5 Å². The number of benzene rings is 2. The monoisotopic (exact) mass is 438 g/mol. The van der Waals surface area contributed by atoms with Gasteiger partial charge in [0.15, 0.2) is 0 Å². The SMILES string of the molecule is CO[Si](C)(CCCOc1ccc(S(=O)(=O)c2ccc(OC(C)C)cc2)cc1)OC. The van der Waals surface area contributed by atoms with Gasteiger partial charge >= 0.3 is 8.56 Å². The molecular weight excluding hydrogens is 408 g/mol. The van der Waals surface area contributed by atoms with Crippen molar-refractivity contribution in [2.45, 2.75) is 48.8 Å². The second kappa shape index (κ2) is 10.2. The molecular formula is C21H30O6SSi. The normalized spacial score (nSPS) is 12.2. The summed E-state index contributed by atoms with van der Waals surface area (Å²) in [5.74, 6) is 1.27. The van der Waals surface area contributed by atoms with Crippen LogP contribution in [0.25, 0.3) is 0 Å². The standard InChI is InChI=1S/C21H30O6SSi/c1-17(2)27-19-9-13-21(14-10-19)28(22,23)20-11-7-18(8-12-20)26-15-6-16-29(5,24-3)25-4/h7-14,17H,6,15-16H2,1-5H3. The Kier molecular flexibility index (Phi) is 8.27. The third-order valence-electron chi connectivity index (χ3n) is 4.55. The van der Waals surface area contributed by atoms with Crippen molar-refractivity contribution < 1.29 is 26.7 Å². The Bertz CT molecular complexity index is 859. The zero-order chi connectivity index (χ0) is 21.5. The van der Waals surface area contributed by atoms with E-state index in [2.05, 4.69) is 0 Å². The molecule has 0 saturated carbocycles. The van der Waals surface area contributed by atoms with Crippen molar-refractivity contribution in [3.8, 4) is 11.5 Å². The minimum absolute atomic E-state index is 0.0325. The molecule has 0 bridgehead atoms. The highest BCUT2D eigenvalue weighted by Crippen LogP contribution is 2.25. The quantitative estimate of drug-likeness (QED) is 0.381. The van der Waals surface area contributed by atoms with Crippen LogP contribution in [0.1, 0.15) is 20.3 Å². The van der Waals surface area contributed by atoms with Crippen LogP contribution in [0, 0.1) is 0 Å². The first-order valence-corrected chi connectivity index (χ1v) is 13.6. The average molecular weight is 439 g/mol. The van der Waals surface area contributed by atoms with Gasteiger partial charge in [-0.1, -0.05) is 0 Å². The Hall–Kier alpha value is -1.87. The molecule has 2 rings (SSSR count). The van der Waals surface area contributed by atoms with Crippen LogP contribution in [-0.2, 0) is 18.7 Å². The fourth-order valence-electron chi connectivity index (χ4n) is 2.69. The van der Waals surface area contributed by atoms with E-state index in [4.69, 9.17) is 18.3 Å². The van der Waals surface area contributed by atoms with Gasteiger partial charge in [-0.05, 0) is 81.4 Å². The van der Waals surface area contributed by atoms with Crippen molar-refractivity contribution in [1.29, 1.82) is 0 Å². The molecule has 160 valence electrons. The van der Waals surface area contributed by atoms with Gasteiger partial charge in [-0.25, -0.2) is 8.42 Å². The van der Waals surface area contributed by atoms with Crippen LogP contribution in [0.3, 0.4) is 0 Å². The van der Waals surface area contributed by atoms with Gasteiger partial charge in [0, 0.05) is 14.2 Å². The first-order chi connectivity index (χ1) is 13.7. The molecule has 0 atom stereocenters. The van der Waals surface area contributed by atoms with Crippen LogP contribution in [0.15, 0.2) is 58.3 Å². The van der Waals surface area contributed by atoms with Crippen LogP contribution in [0.4, 0.5) is 0 Å². The molecule has 0 radical (unpaired) electrons. The molecule has 2 aromatic rings. The summed E-state index contributed by atoms with van der Waals surface area (Å²) >= 11 is 0. The summed E-state index contributed by atoms with van der Waals surface area (Å²) in [7, 11) is -2.34. The summed E-state index contributed by atoms with van der Waals surface area (Å²) in [6, 6.07) is 13.7. The molecule has 0 heterocycles. The Labute approximate surface area is 174 Å². The zero-order valence-electron chi connectivity index (χ0n) is 17.7. The molecule has 0 saturated heterocycles. The molecule has 29 heavy (non-hydrogen) atoms. The van der Waals surface area contributed by atoms with E-state index in [1.807, 2.05) is 20.4 Å². The molecule has 8 heteroatoms. The third kappa shape index (κ3) is 6.57. The van der Waals surface area contributed by atoms with E-state index in [0.717, 1.165) is 12.5 Å². The predicted octanol–water partition coefficient (Wildman–Crippen LogP) is 4.44. The van der Waals surface area contributed by atoms with Crippen LogP contribution in [-0.4, -0.2) is 43.9 Å². The Morgan fingerprint density at radius 3 is 1.79 bits per heavy atom. The lowest BCUT2D eigenvalue weighted by atomic mass is 10.3. The predicted molar refractivity (Wildman–Crippen MR) is 115 cm³/mol. The summed E-state index contributed by atoms with van der Waals surface area (Å²) in [4.78, 5) is 0.451. The first-order valence-electron chi connectivity index (χ1n) is 9.55. The lowest BCUT2D eigenvalue weighted by Gasteiger charge is -2.22. The molecule has 0 fully saturated rings. The Balaban J connectivity index is 1.98. The molecule has 0 aromatic heterocycles. The average Bonchev–Trinajstić information content (AvgIpc) is 2.71. The fourth-order valence-corrected chi connectivity index (χ4v) is 5.31. The van der Waals surface area contributed by atoms with Crippen molar-refractivity contribution in [2.75, 3.05) is 20.8 Å². The maximum atomic E-state index is 12.8. The van der Waals surface area contributed by atoms with E-state index < -0.39 is 18.4 Å². The molecule has 0 spiro atoms. The molecule has 2 aromatic carbocycles. The van der Waals surface area contributed by atoms with Crippen LogP contribution in [0.2, 0.25) is 12.6 Å². The Morgan fingerprint density at radius 1 is 0.862 bits per heavy atom. The van der Waals surface area contributed by atoms with Crippen LogP contribution < -0.4 is 9.47 Å². The summed E-state index contributed by atoms with van der Waals surface area (Å²) in [6.07, 6.45) is 0.833. The highest BCUT2D eigenvalue weighted by atomic mass is 32.2. The molecule has 0 aliphatic rings. The van der Waals surface area contributed by atoms with E-state index in [9.17, 15) is 8.42 Å².